The molecule has 0 radical (unpaired) electrons. The average molecular weight is 319 g/mol. The van der Waals surface area contributed by atoms with Crippen LogP contribution in [0.15, 0.2) is 24.3 Å². The van der Waals surface area contributed by atoms with Crippen molar-refractivity contribution in [2.45, 2.75) is 38.8 Å². The molecule has 1 aromatic rings. The lowest BCUT2D eigenvalue weighted by atomic mass is 10.1. The van der Waals surface area contributed by atoms with Gasteiger partial charge < -0.3 is 15.0 Å². The Balaban J connectivity index is 1.77. The molecule has 2 amide bonds. The summed E-state index contributed by atoms with van der Waals surface area (Å²) in [6.07, 6.45) is 2.50. The molecule has 1 aliphatic rings. The van der Waals surface area contributed by atoms with Gasteiger partial charge in [-0.05, 0) is 24.1 Å². The molecule has 6 heteroatoms. The molecule has 0 aliphatic carbocycles. The lowest BCUT2D eigenvalue weighted by Crippen LogP contribution is -2.53. The molecule has 0 aromatic heterocycles. The zero-order valence-corrected chi connectivity index (χ0v) is 13.8. The number of benzene rings is 1. The third-order valence-electron chi connectivity index (χ3n) is 3.94. The van der Waals surface area contributed by atoms with Gasteiger partial charge in [-0.1, -0.05) is 25.5 Å². The topological polar surface area (TPSA) is 70.7 Å². The minimum Gasteiger partial charge on any atom is -0.497 e. The van der Waals surface area contributed by atoms with Crippen LogP contribution in [-0.4, -0.2) is 43.1 Å². The summed E-state index contributed by atoms with van der Waals surface area (Å²) in [6, 6.07) is 7.78. The Labute approximate surface area is 137 Å². The molecule has 1 fully saturated rings. The van der Waals surface area contributed by atoms with Gasteiger partial charge in [0.15, 0.2) is 0 Å². The minimum atomic E-state index is -0.156. The predicted molar refractivity (Wildman–Crippen MR) is 87.9 cm³/mol. The minimum absolute atomic E-state index is 0.0405. The number of nitrogens with one attached hydrogen (secondary N) is 2. The van der Waals surface area contributed by atoms with Gasteiger partial charge >= 0.3 is 0 Å². The van der Waals surface area contributed by atoms with Gasteiger partial charge in [0.1, 0.15) is 12.3 Å². The first-order valence-corrected chi connectivity index (χ1v) is 8.03. The summed E-state index contributed by atoms with van der Waals surface area (Å²) in [5, 5.41) is 6.14. The number of hydrogen-bond acceptors (Lipinski definition) is 4. The molecule has 0 bridgehead atoms. The number of ether oxygens (including phenoxy) is 1. The van der Waals surface area contributed by atoms with E-state index < -0.39 is 0 Å². The summed E-state index contributed by atoms with van der Waals surface area (Å²) in [4.78, 5) is 25.7. The Morgan fingerprint density at radius 2 is 2.30 bits per heavy atom. The van der Waals surface area contributed by atoms with Gasteiger partial charge in [0.05, 0.1) is 13.8 Å². The normalized spacial score (nSPS) is 17.9. The number of rotatable bonds is 7. The van der Waals surface area contributed by atoms with Crippen LogP contribution in [0.4, 0.5) is 0 Å². The highest BCUT2D eigenvalue weighted by atomic mass is 16.5. The summed E-state index contributed by atoms with van der Waals surface area (Å²) in [5.41, 5.74) is 0.962. The molecule has 1 aromatic carbocycles. The van der Waals surface area contributed by atoms with Gasteiger partial charge in [0, 0.05) is 19.0 Å². The molecule has 2 rings (SSSR count). The van der Waals surface area contributed by atoms with Crippen LogP contribution in [0.2, 0.25) is 0 Å². The molecule has 0 saturated carbocycles. The summed E-state index contributed by atoms with van der Waals surface area (Å²) < 4.78 is 5.15. The maximum Gasteiger partial charge on any atom is 0.239 e. The van der Waals surface area contributed by atoms with Crippen LogP contribution in [0.5, 0.6) is 5.75 Å². The van der Waals surface area contributed by atoms with E-state index in [4.69, 9.17) is 4.74 Å². The molecule has 126 valence electrons. The van der Waals surface area contributed by atoms with Gasteiger partial charge in [-0.15, -0.1) is 0 Å². The SMILES string of the molecule is CCCC1CC(=O)N(CC(=O)NCc2cccc(OC)c2)CN1. The van der Waals surface area contributed by atoms with E-state index in [1.165, 1.54) is 0 Å². The molecule has 1 unspecified atom stereocenters. The van der Waals surface area contributed by atoms with Crippen LogP contribution >= 0.6 is 0 Å². The van der Waals surface area contributed by atoms with Crippen LogP contribution in [0.3, 0.4) is 0 Å². The second-order valence-corrected chi connectivity index (χ2v) is 5.77. The third-order valence-corrected chi connectivity index (χ3v) is 3.94. The second-order valence-electron chi connectivity index (χ2n) is 5.77. The first-order chi connectivity index (χ1) is 11.1. The number of carbonyl (C=O) groups is 2. The van der Waals surface area contributed by atoms with Gasteiger partial charge in [-0.25, -0.2) is 0 Å². The Morgan fingerprint density at radius 3 is 3.00 bits per heavy atom. The van der Waals surface area contributed by atoms with E-state index in [-0.39, 0.29) is 24.4 Å². The molecular formula is C17H25N3O3. The van der Waals surface area contributed by atoms with Gasteiger partial charge in [-0.3, -0.25) is 14.9 Å². The molecule has 1 aliphatic heterocycles. The van der Waals surface area contributed by atoms with E-state index in [1.807, 2.05) is 24.3 Å². The van der Waals surface area contributed by atoms with Crippen molar-refractivity contribution in [3.05, 3.63) is 29.8 Å². The van der Waals surface area contributed by atoms with Crippen molar-refractivity contribution in [1.29, 1.82) is 0 Å². The first-order valence-electron chi connectivity index (χ1n) is 8.03. The zero-order valence-electron chi connectivity index (χ0n) is 13.8. The van der Waals surface area contributed by atoms with E-state index in [2.05, 4.69) is 17.6 Å². The number of carbonyl (C=O) groups excluding carboxylic acids is 2. The molecule has 0 spiro atoms. The maximum atomic E-state index is 12.1. The fourth-order valence-electron chi connectivity index (χ4n) is 2.65. The molecule has 6 nitrogen and oxygen atoms in total. The van der Waals surface area contributed by atoms with Crippen molar-refractivity contribution in [3.8, 4) is 5.75 Å². The highest BCUT2D eigenvalue weighted by molar-refractivity contribution is 5.85. The second kappa shape index (κ2) is 8.53. The van der Waals surface area contributed by atoms with Crippen LogP contribution in [0.1, 0.15) is 31.7 Å². The number of hydrogen-bond donors (Lipinski definition) is 2. The van der Waals surface area contributed by atoms with Crippen molar-refractivity contribution >= 4 is 11.8 Å². The largest absolute Gasteiger partial charge is 0.497 e. The highest BCUT2D eigenvalue weighted by Gasteiger charge is 2.25. The molecule has 2 N–H and O–H groups in total. The van der Waals surface area contributed by atoms with E-state index in [9.17, 15) is 9.59 Å². The fourth-order valence-corrected chi connectivity index (χ4v) is 2.65. The maximum absolute atomic E-state index is 12.1. The first kappa shape index (κ1) is 17.3. The summed E-state index contributed by atoms with van der Waals surface area (Å²) in [6.45, 7) is 3.05. The number of amides is 2. The zero-order chi connectivity index (χ0) is 16.7. The number of methoxy groups -OCH3 is 1. The van der Waals surface area contributed by atoms with Gasteiger partial charge in [0.2, 0.25) is 11.8 Å². The Bertz CT molecular complexity index is 548. The molecule has 23 heavy (non-hydrogen) atoms. The summed E-state index contributed by atoms with van der Waals surface area (Å²) in [5.74, 6) is 0.643. The van der Waals surface area contributed by atoms with Crippen LogP contribution in [0, 0.1) is 0 Å². The smallest absolute Gasteiger partial charge is 0.239 e. The van der Waals surface area contributed by atoms with E-state index >= 15 is 0 Å². The Kier molecular flexibility index (Phi) is 6.40. The van der Waals surface area contributed by atoms with E-state index in [0.717, 1.165) is 24.2 Å². The lowest BCUT2D eigenvalue weighted by Gasteiger charge is -2.32. The van der Waals surface area contributed by atoms with Crippen molar-refractivity contribution in [1.82, 2.24) is 15.5 Å². The van der Waals surface area contributed by atoms with Crippen molar-refractivity contribution < 1.29 is 14.3 Å². The standard InChI is InChI=1S/C17H25N3O3/c1-3-5-14-9-17(22)20(12-19-14)11-16(21)18-10-13-6-4-7-15(8-13)23-2/h4,6-8,14,19H,3,5,9-12H2,1-2H3,(H,18,21). The molecule has 1 saturated heterocycles. The molecule has 1 atom stereocenters. The molecular weight excluding hydrogens is 294 g/mol. The van der Waals surface area contributed by atoms with Crippen molar-refractivity contribution in [2.75, 3.05) is 20.3 Å². The van der Waals surface area contributed by atoms with Crippen molar-refractivity contribution in [2.24, 2.45) is 0 Å². The summed E-state index contributed by atoms with van der Waals surface area (Å²) in [7, 11) is 1.61. The van der Waals surface area contributed by atoms with E-state index in [0.29, 0.717) is 19.6 Å². The summed E-state index contributed by atoms with van der Waals surface area (Å²) >= 11 is 0. The Hall–Kier alpha value is -2.08. The number of nitrogens with zero attached hydrogens (tertiary/aromatic N) is 1. The van der Waals surface area contributed by atoms with Gasteiger partial charge in [-0.2, -0.15) is 0 Å². The lowest BCUT2D eigenvalue weighted by molar-refractivity contribution is -0.139. The van der Waals surface area contributed by atoms with Crippen LogP contribution < -0.4 is 15.4 Å². The van der Waals surface area contributed by atoms with Crippen molar-refractivity contribution in [3.63, 3.8) is 0 Å². The third kappa shape index (κ3) is 5.25. The van der Waals surface area contributed by atoms with Crippen LogP contribution in [0.25, 0.3) is 0 Å². The highest BCUT2D eigenvalue weighted by Crippen LogP contribution is 2.12. The monoisotopic (exact) mass is 319 g/mol. The van der Waals surface area contributed by atoms with Gasteiger partial charge in [0.25, 0.3) is 0 Å². The Morgan fingerprint density at radius 1 is 1.48 bits per heavy atom. The quantitative estimate of drug-likeness (QED) is 0.794. The van der Waals surface area contributed by atoms with E-state index in [1.54, 1.807) is 12.0 Å². The fraction of sp³-hybridized carbons (Fsp3) is 0.529. The van der Waals surface area contributed by atoms with Crippen LogP contribution in [-0.2, 0) is 16.1 Å². The predicted octanol–water partition coefficient (Wildman–Crippen LogP) is 1.26. The molecule has 1 heterocycles. The average Bonchev–Trinajstić information content (AvgIpc) is 2.56.